The van der Waals surface area contributed by atoms with Crippen molar-refractivity contribution in [1.82, 2.24) is 0 Å². The standard InChI is InChI=1S/C28H44.Li.H/c1-3-5-7-9-11-13-15-19-25-23-24-26-20-17-18-22-28(26)27(25)21-16-14-12-10-8-6-4-2;;/h17-18,20,22-24H,3-16,19,21H2,1-2H3;;. The molecule has 0 N–H and O–H groups in total. The molecule has 0 fully saturated rings. The molecule has 0 atom stereocenters. The topological polar surface area (TPSA) is 0 Å². The van der Waals surface area contributed by atoms with E-state index in [-0.39, 0.29) is 18.9 Å². The fourth-order valence-corrected chi connectivity index (χ4v) is 4.44. The van der Waals surface area contributed by atoms with E-state index in [2.05, 4.69) is 50.2 Å². The summed E-state index contributed by atoms with van der Waals surface area (Å²) in [7, 11) is 0. The summed E-state index contributed by atoms with van der Waals surface area (Å²) in [6.45, 7) is 4.60. The molecule has 0 saturated carbocycles. The Morgan fingerprint density at radius 3 is 1.66 bits per heavy atom. The quantitative estimate of drug-likeness (QED) is 0.199. The van der Waals surface area contributed by atoms with Crippen molar-refractivity contribution in [3.05, 3.63) is 47.5 Å². The number of unbranched alkanes of at least 4 members (excludes halogenated alkanes) is 12. The van der Waals surface area contributed by atoms with E-state index >= 15 is 0 Å². The third kappa shape index (κ3) is 10.2. The average molecular weight is 389 g/mol. The van der Waals surface area contributed by atoms with Gasteiger partial charge in [0.25, 0.3) is 0 Å². The number of aryl methyl sites for hydroxylation is 2. The molecular formula is C28H45Li. The predicted molar refractivity (Wildman–Crippen MR) is 134 cm³/mol. The summed E-state index contributed by atoms with van der Waals surface area (Å²) in [4.78, 5) is 0. The molecule has 0 heterocycles. The Hall–Kier alpha value is -0.703. The van der Waals surface area contributed by atoms with E-state index in [1.165, 1.54) is 114 Å². The first-order valence-corrected chi connectivity index (χ1v) is 12.4. The molecule has 1 heteroatoms. The number of fused-ring (bicyclic) bond motifs is 1. The molecule has 0 aromatic heterocycles. The summed E-state index contributed by atoms with van der Waals surface area (Å²) in [5.74, 6) is 0. The van der Waals surface area contributed by atoms with Crippen molar-refractivity contribution in [2.75, 3.05) is 0 Å². The molecule has 0 bridgehead atoms. The molecule has 158 valence electrons. The monoisotopic (exact) mass is 388 g/mol. The summed E-state index contributed by atoms with van der Waals surface area (Å²) >= 11 is 0. The van der Waals surface area contributed by atoms with Gasteiger partial charge in [-0.05, 0) is 47.6 Å². The molecule has 0 aliphatic carbocycles. The van der Waals surface area contributed by atoms with Crippen LogP contribution in [0.3, 0.4) is 0 Å². The van der Waals surface area contributed by atoms with Gasteiger partial charge in [-0.25, -0.2) is 0 Å². The van der Waals surface area contributed by atoms with Gasteiger partial charge in [-0.3, -0.25) is 0 Å². The second-order valence-corrected chi connectivity index (χ2v) is 8.67. The average Bonchev–Trinajstić information content (AvgIpc) is 2.73. The Labute approximate surface area is 193 Å². The summed E-state index contributed by atoms with van der Waals surface area (Å²) < 4.78 is 0. The van der Waals surface area contributed by atoms with Gasteiger partial charge in [-0.15, -0.1) is 0 Å². The van der Waals surface area contributed by atoms with Crippen LogP contribution in [-0.2, 0) is 12.8 Å². The van der Waals surface area contributed by atoms with Crippen LogP contribution in [0.5, 0.6) is 0 Å². The molecule has 0 radical (unpaired) electrons. The van der Waals surface area contributed by atoms with Gasteiger partial charge in [0.1, 0.15) is 0 Å². The van der Waals surface area contributed by atoms with Crippen LogP contribution >= 0.6 is 0 Å². The van der Waals surface area contributed by atoms with E-state index < -0.39 is 0 Å². The molecule has 0 aliphatic heterocycles. The van der Waals surface area contributed by atoms with Crippen molar-refractivity contribution in [2.24, 2.45) is 0 Å². The normalized spacial score (nSPS) is 11.0. The van der Waals surface area contributed by atoms with Gasteiger partial charge >= 0.3 is 18.9 Å². The van der Waals surface area contributed by atoms with Crippen LogP contribution < -0.4 is 0 Å². The first-order valence-electron chi connectivity index (χ1n) is 12.4. The zero-order valence-electron chi connectivity index (χ0n) is 18.8. The maximum atomic E-state index is 2.43. The van der Waals surface area contributed by atoms with E-state index in [1.807, 2.05) is 0 Å². The van der Waals surface area contributed by atoms with E-state index in [0.717, 1.165) is 0 Å². The number of rotatable bonds is 16. The van der Waals surface area contributed by atoms with Gasteiger partial charge in [0.05, 0.1) is 0 Å². The summed E-state index contributed by atoms with van der Waals surface area (Å²) in [6.07, 6.45) is 22.1. The van der Waals surface area contributed by atoms with Crippen LogP contribution in [-0.4, -0.2) is 18.9 Å². The molecule has 0 unspecified atom stereocenters. The summed E-state index contributed by atoms with van der Waals surface area (Å²) in [5, 5.41) is 2.93. The fraction of sp³-hybridized carbons (Fsp3) is 0.643. The second kappa shape index (κ2) is 17.0. The van der Waals surface area contributed by atoms with Crippen molar-refractivity contribution in [3.8, 4) is 0 Å². The van der Waals surface area contributed by atoms with Crippen LogP contribution in [0.4, 0.5) is 0 Å². The zero-order chi connectivity index (χ0) is 19.9. The van der Waals surface area contributed by atoms with Crippen LogP contribution in [0, 0.1) is 0 Å². The number of hydrogen-bond donors (Lipinski definition) is 0. The fourth-order valence-electron chi connectivity index (χ4n) is 4.44. The molecule has 2 aromatic rings. The Bertz CT molecular complexity index is 646. The van der Waals surface area contributed by atoms with E-state index in [9.17, 15) is 0 Å². The van der Waals surface area contributed by atoms with Crippen LogP contribution in [0.2, 0.25) is 0 Å². The third-order valence-electron chi connectivity index (χ3n) is 6.22. The Morgan fingerprint density at radius 1 is 0.517 bits per heavy atom. The van der Waals surface area contributed by atoms with Crippen molar-refractivity contribution >= 4 is 29.6 Å². The zero-order valence-corrected chi connectivity index (χ0v) is 18.8. The molecule has 0 aliphatic rings. The van der Waals surface area contributed by atoms with Crippen LogP contribution in [0.25, 0.3) is 10.8 Å². The number of benzene rings is 2. The van der Waals surface area contributed by atoms with Crippen molar-refractivity contribution in [3.63, 3.8) is 0 Å². The van der Waals surface area contributed by atoms with Crippen molar-refractivity contribution in [1.29, 1.82) is 0 Å². The molecular weight excluding hydrogens is 343 g/mol. The first kappa shape index (κ1) is 26.3. The van der Waals surface area contributed by atoms with Gasteiger partial charge in [-0.2, -0.15) is 0 Å². The van der Waals surface area contributed by atoms with Crippen molar-refractivity contribution in [2.45, 2.75) is 117 Å². The molecule has 2 aromatic carbocycles. The predicted octanol–water partition coefficient (Wildman–Crippen LogP) is 8.78. The molecule has 29 heavy (non-hydrogen) atoms. The van der Waals surface area contributed by atoms with Gasteiger partial charge in [0, 0.05) is 0 Å². The van der Waals surface area contributed by atoms with Gasteiger partial charge in [0.2, 0.25) is 0 Å². The Balaban J connectivity index is 0.00000420. The minimum absolute atomic E-state index is 0. The third-order valence-corrected chi connectivity index (χ3v) is 6.22. The van der Waals surface area contributed by atoms with E-state index in [0.29, 0.717) is 0 Å². The molecule has 0 nitrogen and oxygen atoms in total. The molecule has 2 rings (SSSR count). The Morgan fingerprint density at radius 2 is 1.03 bits per heavy atom. The van der Waals surface area contributed by atoms with Gasteiger partial charge in [-0.1, -0.05) is 127 Å². The second-order valence-electron chi connectivity index (χ2n) is 8.67. The molecule has 0 spiro atoms. The van der Waals surface area contributed by atoms with Crippen LogP contribution in [0.15, 0.2) is 36.4 Å². The van der Waals surface area contributed by atoms with Gasteiger partial charge in [0.15, 0.2) is 0 Å². The maximum absolute atomic E-state index is 2.43. The molecule has 0 saturated heterocycles. The minimum atomic E-state index is 0. The van der Waals surface area contributed by atoms with E-state index in [1.54, 1.807) is 11.1 Å². The van der Waals surface area contributed by atoms with Gasteiger partial charge < -0.3 is 0 Å². The van der Waals surface area contributed by atoms with Crippen LogP contribution in [0.1, 0.15) is 115 Å². The summed E-state index contributed by atoms with van der Waals surface area (Å²) in [6, 6.07) is 13.8. The van der Waals surface area contributed by atoms with Crippen molar-refractivity contribution < 1.29 is 0 Å². The molecule has 0 amide bonds. The SMILES string of the molecule is CCCCCCCCCc1ccc2ccccc2c1CCCCCCCCC.[LiH]. The Kier molecular flexibility index (Phi) is 15.5. The first-order chi connectivity index (χ1) is 13.9. The summed E-state index contributed by atoms with van der Waals surface area (Å²) in [5.41, 5.74) is 3.27. The van der Waals surface area contributed by atoms with E-state index in [4.69, 9.17) is 0 Å². The number of hydrogen-bond acceptors (Lipinski definition) is 0.